The third kappa shape index (κ3) is 6.12. The Morgan fingerprint density at radius 1 is 1.24 bits per heavy atom. The number of carbonyl (C=O) groups excluding carboxylic acids is 2. The standard InChI is InChI=1S/C14H26N2O5/c1-5-14(6-2,13(19)20)9-11(17)16-10(3)12(18)15-7-8-21-4/h10H,5-9H2,1-4H3,(H,15,18)(H,16,17)(H,19,20). The normalized spacial score (nSPS) is 12.6. The minimum Gasteiger partial charge on any atom is -0.481 e. The van der Waals surface area contributed by atoms with E-state index in [4.69, 9.17) is 4.74 Å². The van der Waals surface area contributed by atoms with Crippen LogP contribution in [0.4, 0.5) is 0 Å². The Kier molecular flexibility index (Phi) is 8.61. The number of rotatable bonds is 10. The van der Waals surface area contributed by atoms with Gasteiger partial charge in [0.25, 0.3) is 0 Å². The van der Waals surface area contributed by atoms with Crippen LogP contribution >= 0.6 is 0 Å². The average molecular weight is 302 g/mol. The summed E-state index contributed by atoms with van der Waals surface area (Å²) >= 11 is 0. The summed E-state index contributed by atoms with van der Waals surface area (Å²) < 4.78 is 4.81. The van der Waals surface area contributed by atoms with Crippen LogP contribution in [0.5, 0.6) is 0 Å². The van der Waals surface area contributed by atoms with Crippen molar-refractivity contribution in [2.75, 3.05) is 20.3 Å². The first-order valence-corrected chi connectivity index (χ1v) is 7.12. The Morgan fingerprint density at radius 2 is 1.81 bits per heavy atom. The van der Waals surface area contributed by atoms with Gasteiger partial charge in [-0.1, -0.05) is 13.8 Å². The van der Waals surface area contributed by atoms with Crippen LogP contribution < -0.4 is 10.6 Å². The summed E-state index contributed by atoms with van der Waals surface area (Å²) in [6.45, 7) is 5.79. The molecule has 0 spiro atoms. The molecule has 0 aromatic rings. The molecule has 0 fully saturated rings. The predicted molar refractivity (Wildman–Crippen MR) is 77.8 cm³/mol. The van der Waals surface area contributed by atoms with E-state index >= 15 is 0 Å². The molecule has 3 N–H and O–H groups in total. The average Bonchev–Trinajstić information content (AvgIpc) is 2.44. The summed E-state index contributed by atoms with van der Waals surface area (Å²) in [5, 5.41) is 14.4. The Balaban J connectivity index is 4.47. The van der Waals surface area contributed by atoms with Gasteiger partial charge < -0.3 is 20.5 Å². The van der Waals surface area contributed by atoms with E-state index in [1.165, 1.54) is 7.11 Å². The smallest absolute Gasteiger partial charge is 0.310 e. The van der Waals surface area contributed by atoms with Gasteiger partial charge in [0.05, 0.1) is 12.0 Å². The number of nitrogens with one attached hydrogen (secondary N) is 2. The van der Waals surface area contributed by atoms with Crippen LogP contribution in [-0.4, -0.2) is 49.2 Å². The van der Waals surface area contributed by atoms with E-state index in [1.807, 2.05) is 0 Å². The number of hydrogen-bond acceptors (Lipinski definition) is 4. The largest absolute Gasteiger partial charge is 0.481 e. The topological polar surface area (TPSA) is 105 Å². The quantitative estimate of drug-likeness (QED) is 0.511. The van der Waals surface area contributed by atoms with Gasteiger partial charge in [0.15, 0.2) is 0 Å². The molecule has 1 atom stereocenters. The highest BCUT2D eigenvalue weighted by molar-refractivity contribution is 5.89. The Bertz CT molecular complexity index is 366. The van der Waals surface area contributed by atoms with Crippen molar-refractivity contribution in [1.29, 1.82) is 0 Å². The molecule has 7 heteroatoms. The third-order valence-corrected chi connectivity index (χ3v) is 3.68. The van der Waals surface area contributed by atoms with Crippen molar-refractivity contribution in [3.63, 3.8) is 0 Å². The van der Waals surface area contributed by atoms with Crippen LogP contribution in [0.25, 0.3) is 0 Å². The van der Waals surface area contributed by atoms with E-state index in [9.17, 15) is 19.5 Å². The lowest BCUT2D eigenvalue weighted by atomic mass is 9.79. The molecule has 122 valence electrons. The molecular weight excluding hydrogens is 276 g/mol. The molecular formula is C14H26N2O5. The molecule has 0 aromatic heterocycles. The lowest BCUT2D eigenvalue weighted by Crippen LogP contribution is -2.47. The molecule has 0 saturated heterocycles. The number of carbonyl (C=O) groups is 3. The Morgan fingerprint density at radius 3 is 2.24 bits per heavy atom. The first kappa shape index (κ1) is 19.4. The van der Waals surface area contributed by atoms with Crippen LogP contribution in [0.3, 0.4) is 0 Å². The molecule has 0 aliphatic rings. The lowest BCUT2D eigenvalue weighted by molar-refractivity contribution is -0.152. The second-order valence-electron chi connectivity index (χ2n) is 5.04. The fourth-order valence-corrected chi connectivity index (χ4v) is 1.97. The van der Waals surface area contributed by atoms with Gasteiger partial charge in [-0.15, -0.1) is 0 Å². The zero-order valence-corrected chi connectivity index (χ0v) is 13.2. The molecule has 1 unspecified atom stereocenters. The summed E-state index contributed by atoms with van der Waals surface area (Å²) in [6.07, 6.45) is 0.590. The highest BCUT2D eigenvalue weighted by atomic mass is 16.5. The minimum atomic E-state index is -1.07. The van der Waals surface area contributed by atoms with Crippen LogP contribution in [0.15, 0.2) is 0 Å². The van der Waals surface area contributed by atoms with Crippen molar-refractivity contribution in [3.8, 4) is 0 Å². The first-order valence-electron chi connectivity index (χ1n) is 7.12. The van der Waals surface area contributed by atoms with Crippen molar-refractivity contribution >= 4 is 17.8 Å². The van der Waals surface area contributed by atoms with Crippen molar-refractivity contribution in [2.45, 2.75) is 46.1 Å². The summed E-state index contributed by atoms with van der Waals surface area (Å²) in [5.41, 5.74) is -1.07. The van der Waals surface area contributed by atoms with Gasteiger partial charge >= 0.3 is 5.97 Å². The Labute approximate surface area is 125 Å². The molecule has 7 nitrogen and oxygen atoms in total. The van der Waals surface area contributed by atoms with Crippen LogP contribution in [0, 0.1) is 5.41 Å². The first-order chi connectivity index (χ1) is 9.82. The molecule has 2 amide bonds. The predicted octanol–water partition coefficient (Wildman–Crippen LogP) is 0.535. The van der Waals surface area contributed by atoms with Gasteiger partial charge in [-0.2, -0.15) is 0 Å². The van der Waals surface area contributed by atoms with E-state index in [1.54, 1.807) is 20.8 Å². The second-order valence-corrected chi connectivity index (χ2v) is 5.04. The Hall–Kier alpha value is -1.63. The van der Waals surface area contributed by atoms with Gasteiger partial charge in [-0.3, -0.25) is 14.4 Å². The molecule has 0 saturated carbocycles. The van der Waals surface area contributed by atoms with Crippen LogP contribution in [-0.2, 0) is 19.1 Å². The van der Waals surface area contributed by atoms with Crippen molar-refractivity contribution < 1.29 is 24.2 Å². The lowest BCUT2D eigenvalue weighted by Gasteiger charge is -2.26. The molecule has 0 rings (SSSR count). The summed E-state index contributed by atoms with van der Waals surface area (Å²) in [5.74, 6) is -1.75. The van der Waals surface area contributed by atoms with Crippen LogP contribution in [0.1, 0.15) is 40.0 Å². The maximum absolute atomic E-state index is 11.9. The highest BCUT2D eigenvalue weighted by Gasteiger charge is 2.37. The molecule has 0 radical (unpaired) electrons. The van der Waals surface area contributed by atoms with E-state index in [2.05, 4.69) is 10.6 Å². The fourth-order valence-electron chi connectivity index (χ4n) is 1.97. The van der Waals surface area contributed by atoms with Crippen LogP contribution in [0.2, 0.25) is 0 Å². The highest BCUT2D eigenvalue weighted by Crippen LogP contribution is 2.30. The maximum atomic E-state index is 11.9. The van der Waals surface area contributed by atoms with Crippen molar-refractivity contribution in [1.82, 2.24) is 10.6 Å². The SMILES string of the molecule is CCC(CC)(CC(=O)NC(C)C(=O)NCCOC)C(=O)O. The molecule has 21 heavy (non-hydrogen) atoms. The van der Waals surface area contributed by atoms with Crippen molar-refractivity contribution in [2.24, 2.45) is 5.41 Å². The number of aliphatic carboxylic acids is 1. The third-order valence-electron chi connectivity index (χ3n) is 3.68. The number of carboxylic acids is 1. The van der Waals surface area contributed by atoms with Gasteiger partial charge in [-0.25, -0.2) is 0 Å². The molecule has 0 heterocycles. The molecule has 0 aliphatic heterocycles. The summed E-state index contributed by atoms with van der Waals surface area (Å²) in [4.78, 5) is 35.0. The van der Waals surface area contributed by atoms with E-state index in [0.29, 0.717) is 26.0 Å². The summed E-state index contributed by atoms with van der Waals surface area (Å²) in [6, 6.07) is -0.713. The number of hydrogen-bond donors (Lipinski definition) is 3. The van der Waals surface area contributed by atoms with Gasteiger partial charge in [0, 0.05) is 20.1 Å². The number of ether oxygens (including phenoxy) is 1. The van der Waals surface area contributed by atoms with Gasteiger partial charge in [-0.05, 0) is 19.8 Å². The number of carboxylic acid groups (broad SMARTS) is 1. The molecule has 0 aromatic carbocycles. The van der Waals surface area contributed by atoms with E-state index < -0.39 is 23.3 Å². The zero-order chi connectivity index (χ0) is 16.5. The van der Waals surface area contributed by atoms with Gasteiger partial charge in [0.1, 0.15) is 6.04 Å². The van der Waals surface area contributed by atoms with Crippen molar-refractivity contribution in [3.05, 3.63) is 0 Å². The maximum Gasteiger partial charge on any atom is 0.310 e. The number of methoxy groups -OCH3 is 1. The number of amides is 2. The zero-order valence-electron chi connectivity index (χ0n) is 13.2. The van der Waals surface area contributed by atoms with E-state index in [-0.39, 0.29) is 12.3 Å². The molecule has 0 bridgehead atoms. The van der Waals surface area contributed by atoms with E-state index in [0.717, 1.165) is 0 Å². The fraction of sp³-hybridized carbons (Fsp3) is 0.786. The summed E-state index contributed by atoms with van der Waals surface area (Å²) in [7, 11) is 1.53. The monoisotopic (exact) mass is 302 g/mol. The van der Waals surface area contributed by atoms with Gasteiger partial charge in [0.2, 0.25) is 11.8 Å². The minimum absolute atomic E-state index is 0.134. The molecule has 0 aliphatic carbocycles. The second kappa shape index (κ2) is 9.33.